The van der Waals surface area contributed by atoms with Crippen molar-refractivity contribution in [2.75, 3.05) is 5.32 Å². The fraction of sp³-hybridized carbons (Fsp3) is 0.133. The van der Waals surface area contributed by atoms with E-state index in [1.165, 1.54) is 9.75 Å². The van der Waals surface area contributed by atoms with Gasteiger partial charge in [-0.25, -0.2) is 4.98 Å². The Hall–Kier alpha value is -1.36. The van der Waals surface area contributed by atoms with Gasteiger partial charge in [-0.05, 0) is 41.4 Å². The highest BCUT2D eigenvalue weighted by Crippen LogP contribution is 2.35. The van der Waals surface area contributed by atoms with Crippen LogP contribution in [0.4, 0.5) is 5.69 Å². The van der Waals surface area contributed by atoms with E-state index in [9.17, 15) is 0 Å². The quantitative estimate of drug-likeness (QED) is 0.654. The highest BCUT2D eigenvalue weighted by atomic mass is 35.5. The molecule has 5 heteroatoms. The fourth-order valence-corrected chi connectivity index (χ4v) is 3.96. The highest BCUT2D eigenvalue weighted by molar-refractivity contribution is 7.11. The number of rotatable bonds is 4. The van der Waals surface area contributed by atoms with E-state index < -0.39 is 0 Å². The predicted molar refractivity (Wildman–Crippen MR) is 88.1 cm³/mol. The van der Waals surface area contributed by atoms with Crippen molar-refractivity contribution >= 4 is 40.0 Å². The molecule has 0 fully saturated rings. The van der Waals surface area contributed by atoms with E-state index in [0.29, 0.717) is 5.15 Å². The van der Waals surface area contributed by atoms with Crippen LogP contribution in [-0.4, -0.2) is 4.98 Å². The van der Waals surface area contributed by atoms with Gasteiger partial charge in [-0.15, -0.1) is 22.7 Å². The topological polar surface area (TPSA) is 24.9 Å². The maximum Gasteiger partial charge on any atom is 0.152 e. The third-order valence-electron chi connectivity index (χ3n) is 3.06. The van der Waals surface area contributed by atoms with Crippen LogP contribution in [0, 0.1) is 6.92 Å². The van der Waals surface area contributed by atoms with E-state index in [1.54, 1.807) is 28.9 Å². The lowest BCUT2D eigenvalue weighted by Crippen LogP contribution is -2.11. The lowest BCUT2D eigenvalue weighted by molar-refractivity contribution is 0.984. The average molecular weight is 321 g/mol. The first-order valence-corrected chi connectivity index (χ1v) is 8.34. The number of nitrogens with zero attached hydrogens (tertiary/aromatic N) is 1. The molecule has 0 aliphatic heterocycles. The van der Waals surface area contributed by atoms with Gasteiger partial charge in [0.2, 0.25) is 0 Å². The Balaban J connectivity index is 1.99. The summed E-state index contributed by atoms with van der Waals surface area (Å²) in [5.74, 6) is 0. The van der Waals surface area contributed by atoms with Crippen molar-refractivity contribution in [2.45, 2.75) is 13.0 Å². The van der Waals surface area contributed by atoms with Crippen LogP contribution in [-0.2, 0) is 0 Å². The van der Waals surface area contributed by atoms with Crippen molar-refractivity contribution in [3.8, 4) is 0 Å². The van der Waals surface area contributed by atoms with Gasteiger partial charge in [-0.2, -0.15) is 0 Å². The molecule has 3 aromatic rings. The van der Waals surface area contributed by atoms with Crippen LogP contribution < -0.4 is 5.32 Å². The van der Waals surface area contributed by atoms with E-state index >= 15 is 0 Å². The maximum absolute atomic E-state index is 6.23. The molecule has 3 heterocycles. The van der Waals surface area contributed by atoms with E-state index in [4.69, 9.17) is 11.6 Å². The molecule has 20 heavy (non-hydrogen) atoms. The number of thiophene rings is 2. The minimum Gasteiger partial charge on any atom is -0.370 e. The first-order chi connectivity index (χ1) is 9.75. The number of hydrogen-bond acceptors (Lipinski definition) is 4. The molecule has 0 saturated heterocycles. The van der Waals surface area contributed by atoms with Crippen LogP contribution in [0.25, 0.3) is 0 Å². The van der Waals surface area contributed by atoms with Crippen molar-refractivity contribution < 1.29 is 0 Å². The molecule has 2 nitrogen and oxygen atoms in total. The molecule has 0 unspecified atom stereocenters. The summed E-state index contributed by atoms with van der Waals surface area (Å²) in [5.41, 5.74) is 2.00. The van der Waals surface area contributed by atoms with Crippen molar-refractivity contribution in [1.29, 1.82) is 0 Å². The summed E-state index contributed by atoms with van der Waals surface area (Å²) in [6.07, 6.45) is 1.73. The molecule has 0 bridgehead atoms. The Kier molecular flexibility index (Phi) is 4.05. The van der Waals surface area contributed by atoms with Gasteiger partial charge in [-0.1, -0.05) is 23.7 Å². The number of aryl methyl sites for hydroxylation is 1. The molecule has 0 radical (unpaired) electrons. The van der Waals surface area contributed by atoms with Gasteiger partial charge >= 0.3 is 0 Å². The third kappa shape index (κ3) is 2.73. The van der Waals surface area contributed by atoms with Crippen LogP contribution >= 0.6 is 34.3 Å². The smallest absolute Gasteiger partial charge is 0.152 e. The Morgan fingerprint density at radius 2 is 1.75 bits per heavy atom. The largest absolute Gasteiger partial charge is 0.370 e. The van der Waals surface area contributed by atoms with Gasteiger partial charge in [0.05, 0.1) is 11.7 Å². The van der Waals surface area contributed by atoms with Crippen molar-refractivity contribution in [2.24, 2.45) is 0 Å². The number of pyridine rings is 1. The molecular weight excluding hydrogens is 308 g/mol. The molecule has 0 aliphatic carbocycles. The predicted octanol–water partition coefficient (Wildman–Crippen LogP) is 5.37. The van der Waals surface area contributed by atoms with Crippen LogP contribution in [0.5, 0.6) is 0 Å². The van der Waals surface area contributed by atoms with Gasteiger partial charge in [0.1, 0.15) is 0 Å². The van der Waals surface area contributed by atoms with Gasteiger partial charge in [0.25, 0.3) is 0 Å². The summed E-state index contributed by atoms with van der Waals surface area (Å²) in [6.45, 7) is 2.04. The van der Waals surface area contributed by atoms with Crippen molar-refractivity contribution in [3.05, 3.63) is 67.8 Å². The van der Waals surface area contributed by atoms with Gasteiger partial charge in [0, 0.05) is 16.0 Å². The number of hydrogen-bond donors (Lipinski definition) is 1. The minimum absolute atomic E-state index is 0.121. The second-order valence-corrected chi connectivity index (χ2v) is 6.72. The summed E-state index contributed by atoms with van der Waals surface area (Å²) in [6, 6.07) is 10.5. The van der Waals surface area contributed by atoms with Crippen molar-refractivity contribution in [3.63, 3.8) is 0 Å². The monoisotopic (exact) mass is 320 g/mol. The fourth-order valence-electron chi connectivity index (χ4n) is 2.04. The highest BCUT2D eigenvalue weighted by Gasteiger charge is 2.18. The van der Waals surface area contributed by atoms with E-state index in [1.807, 2.05) is 13.0 Å². The van der Waals surface area contributed by atoms with E-state index in [0.717, 1.165) is 11.3 Å². The zero-order chi connectivity index (χ0) is 13.9. The normalized spacial score (nSPS) is 10.9. The summed E-state index contributed by atoms with van der Waals surface area (Å²) in [5, 5.41) is 8.25. The number of halogens is 1. The maximum atomic E-state index is 6.23. The first-order valence-electron chi connectivity index (χ1n) is 6.20. The number of nitrogens with one attached hydrogen (secondary N) is 1. The lowest BCUT2D eigenvalue weighted by atomic mass is 10.1. The molecule has 0 saturated carbocycles. The summed E-state index contributed by atoms with van der Waals surface area (Å²) >= 11 is 9.71. The summed E-state index contributed by atoms with van der Waals surface area (Å²) in [7, 11) is 0. The molecular formula is C15H13ClN2S2. The standard InChI is InChI=1S/C15H13ClN2S2/c1-10-6-7-17-15(16)13(10)18-14(11-4-2-8-19-11)12-5-3-9-20-12/h2-9,14,18H,1H3. The molecule has 102 valence electrons. The molecule has 0 amide bonds. The van der Waals surface area contributed by atoms with Crippen molar-refractivity contribution in [1.82, 2.24) is 4.98 Å². The van der Waals surface area contributed by atoms with Gasteiger partial charge in [-0.3, -0.25) is 0 Å². The van der Waals surface area contributed by atoms with Crippen LogP contribution in [0.3, 0.4) is 0 Å². The molecule has 0 spiro atoms. The minimum atomic E-state index is 0.121. The molecule has 3 aromatic heterocycles. The zero-order valence-corrected chi connectivity index (χ0v) is 13.2. The molecule has 0 atom stereocenters. The Bertz CT molecular complexity index is 623. The third-order valence-corrected chi connectivity index (χ3v) is 5.22. The second-order valence-electron chi connectivity index (χ2n) is 4.40. The summed E-state index contributed by atoms with van der Waals surface area (Å²) in [4.78, 5) is 6.71. The molecule has 1 N–H and O–H groups in total. The van der Waals surface area contributed by atoms with Crippen LogP contribution in [0.2, 0.25) is 5.15 Å². The number of anilines is 1. The zero-order valence-electron chi connectivity index (χ0n) is 10.8. The Morgan fingerprint density at radius 3 is 2.25 bits per heavy atom. The first kappa shape index (κ1) is 13.6. The van der Waals surface area contributed by atoms with Gasteiger partial charge < -0.3 is 5.32 Å². The van der Waals surface area contributed by atoms with Crippen LogP contribution in [0.15, 0.2) is 47.3 Å². The van der Waals surface area contributed by atoms with Gasteiger partial charge in [0.15, 0.2) is 5.15 Å². The SMILES string of the molecule is Cc1ccnc(Cl)c1NC(c1cccs1)c1cccs1. The average Bonchev–Trinajstić information content (AvgIpc) is 3.12. The molecule has 3 rings (SSSR count). The second kappa shape index (κ2) is 5.95. The summed E-state index contributed by atoms with van der Waals surface area (Å²) < 4.78 is 0. The lowest BCUT2D eigenvalue weighted by Gasteiger charge is -2.19. The molecule has 0 aromatic carbocycles. The molecule has 0 aliphatic rings. The Labute approximate surface area is 131 Å². The van der Waals surface area contributed by atoms with E-state index in [-0.39, 0.29) is 6.04 Å². The van der Waals surface area contributed by atoms with E-state index in [2.05, 4.69) is 45.3 Å². The number of aromatic nitrogens is 1. The van der Waals surface area contributed by atoms with Crippen LogP contribution in [0.1, 0.15) is 21.4 Å². The Morgan fingerprint density at radius 1 is 1.10 bits per heavy atom.